The van der Waals surface area contributed by atoms with Crippen LogP contribution in [0.4, 0.5) is 0 Å². The minimum atomic E-state index is 0.267. The fourth-order valence-electron chi connectivity index (χ4n) is 1.61. The molecule has 0 aromatic carbocycles. The fraction of sp³-hybridized carbons (Fsp3) is 0.778. The number of hydrogen-bond acceptors (Lipinski definition) is 2. The van der Waals surface area contributed by atoms with Crippen molar-refractivity contribution >= 4 is 23.1 Å². The van der Waals surface area contributed by atoms with Gasteiger partial charge in [-0.25, -0.2) is 0 Å². The Bertz CT molecular complexity index is 392. The van der Waals surface area contributed by atoms with Gasteiger partial charge in [-0.1, -0.05) is 69.2 Å². The molecule has 0 atom stereocenters. The van der Waals surface area contributed by atoms with Gasteiger partial charge in [0.1, 0.15) is 0 Å². The highest BCUT2D eigenvalue weighted by molar-refractivity contribution is 8.00. The second-order valence-corrected chi connectivity index (χ2v) is 9.79. The van der Waals surface area contributed by atoms with E-state index >= 15 is 0 Å². The minimum absolute atomic E-state index is 0.267. The van der Waals surface area contributed by atoms with Crippen molar-refractivity contribution in [2.24, 2.45) is 0 Å². The van der Waals surface area contributed by atoms with Crippen molar-refractivity contribution in [2.45, 2.75) is 96.6 Å². The van der Waals surface area contributed by atoms with Gasteiger partial charge in [-0.3, -0.25) is 0 Å². The van der Waals surface area contributed by atoms with Crippen LogP contribution in [0.3, 0.4) is 0 Å². The van der Waals surface area contributed by atoms with Gasteiger partial charge in [-0.15, -0.1) is 23.1 Å². The maximum Gasteiger partial charge on any atom is 0.0222 e. The van der Waals surface area contributed by atoms with E-state index in [1.807, 2.05) is 36.9 Å². The van der Waals surface area contributed by atoms with Crippen LogP contribution in [-0.2, 0) is 5.41 Å². The van der Waals surface area contributed by atoms with Crippen molar-refractivity contribution in [1.29, 1.82) is 0 Å². The van der Waals surface area contributed by atoms with Gasteiger partial charge in [0.2, 0.25) is 0 Å². The van der Waals surface area contributed by atoms with Gasteiger partial charge in [0, 0.05) is 19.4 Å². The van der Waals surface area contributed by atoms with Crippen molar-refractivity contribution in [3.8, 4) is 0 Å². The van der Waals surface area contributed by atoms with Crippen LogP contribution in [0.1, 0.15) is 91.3 Å². The molecular weight excluding hydrogens is 280 g/mol. The lowest BCUT2D eigenvalue weighted by Crippen LogP contribution is -2.12. The maximum atomic E-state index is 2.43. The molecule has 0 amide bonds. The lowest BCUT2D eigenvalue weighted by atomic mass is 9.95. The van der Waals surface area contributed by atoms with E-state index in [9.17, 15) is 0 Å². The van der Waals surface area contributed by atoms with Crippen molar-refractivity contribution in [1.82, 2.24) is 0 Å². The monoisotopic (exact) mass is 314 g/mol. The zero-order chi connectivity index (χ0) is 16.1. The van der Waals surface area contributed by atoms with Crippen LogP contribution >= 0.6 is 23.1 Å². The average Bonchev–Trinajstić information content (AvgIpc) is 2.75. The molecule has 0 radical (unpaired) electrons. The molecule has 1 heterocycles. The quantitative estimate of drug-likeness (QED) is 0.519. The van der Waals surface area contributed by atoms with Crippen LogP contribution in [0.25, 0.3) is 0 Å². The molecule has 118 valence electrons. The standard InChI is InChI=1S/C16H28S2.C2H6/c1-9-16(7,8)18-12-10-13(15(4,5)6)17-14(12)11(2)3;1-2/h10-11H,9H2,1-8H3;1-2H3. The average molecular weight is 315 g/mol. The molecule has 0 saturated carbocycles. The third-order valence-corrected chi connectivity index (χ3v) is 6.62. The van der Waals surface area contributed by atoms with E-state index in [0.717, 1.165) is 0 Å². The van der Waals surface area contributed by atoms with Crippen molar-refractivity contribution in [3.63, 3.8) is 0 Å². The molecule has 0 aliphatic rings. The largest absolute Gasteiger partial charge is 0.143 e. The van der Waals surface area contributed by atoms with E-state index in [4.69, 9.17) is 0 Å². The van der Waals surface area contributed by atoms with Gasteiger partial charge in [0.25, 0.3) is 0 Å². The molecule has 20 heavy (non-hydrogen) atoms. The summed E-state index contributed by atoms with van der Waals surface area (Å²) in [4.78, 5) is 4.58. The first-order valence-electron chi connectivity index (χ1n) is 7.90. The summed E-state index contributed by atoms with van der Waals surface area (Å²) < 4.78 is 0.333. The highest BCUT2D eigenvalue weighted by Gasteiger charge is 2.25. The van der Waals surface area contributed by atoms with Crippen molar-refractivity contribution in [2.75, 3.05) is 0 Å². The van der Waals surface area contributed by atoms with Crippen LogP contribution in [0.2, 0.25) is 0 Å². The molecule has 0 saturated heterocycles. The van der Waals surface area contributed by atoms with Crippen LogP contribution in [0.5, 0.6) is 0 Å². The first-order valence-corrected chi connectivity index (χ1v) is 9.53. The second kappa shape index (κ2) is 7.89. The SMILES string of the molecule is CC.CCC(C)(C)Sc1cc(C(C)(C)C)sc1C(C)C. The number of hydrogen-bond donors (Lipinski definition) is 0. The van der Waals surface area contributed by atoms with E-state index in [2.05, 4.69) is 61.5 Å². The predicted octanol–water partition coefficient (Wildman–Crippen LogP) is 7.48. The van der Waals surface area contributed by atoms with Crippen LogP contribution < -0.4 is 0 Å². The predicted molar refractivity (Wildman–Crippen MR) is 98.7 cm³/mol. The Hall–Kier alpha value is 0.0500. The molecule has 0 unspecified atom stereocenters. The third-order valence-electron chi connectivity index (χ3n) is 3.23. The van der Waals surface area contributed by atoms with Crippen LogP contribution in [0, 0.1) is 0 Å². The van der Waals surface area contributed by atoms with E-state index in [0.29, 0.717) is 10.7 Å². The lowest BCUT2D eigenvalue weighted by Gasteiger charge is -2.22. The molecular formula is C18H34S2. The molecule has 0 aliphatic heterocycles. The molecule has 0 aliphatic carbocycles. The Morgan fingerprint density at radius 1 is 1.10 bits per heavy atom. The summed E-state index contributed by atoms with van der Waals surface area (Å²) in [5, 5.41) is 0. The van der Waals surface area contributed by atoms with Crippen molar-refractivity contribution < 1.29 is 0 Å². The van der Waals surface area contributed by atoms with E-state index in [1.165, 1.54) is 16.2 Å². The van der Waals surface area contributed by atoms with Gasteiger partial charge < -0.3 is 0 Å². The summed E-state index contributed by atoms with van der Waals surface area (Å²) in [5.41, 5.74) is 0.267. The molecule has 1 aromatic heterocycles. The highest BCUT2D eigenvalue weighted by atomic mass is 32.2. The Balaban J connectivity index is 0.00000172. The first kappa shape index (κ1) is 20.1. The molecule has 0 fully saturated rings. The zero-order valence-corrected chi connectivity index (χ0v) is 16.8. The Morgan fingerprint density at radius 2 is 1.60 bits per heavy atom. The Kier molecular flexibility index (Phi) is 7.91. The Morgan fingerprint density at radius 3 is 1.95 bits per heavy atom. The van der Waals surface area contributed by atoms with Crippen LogP contribution in [0.15, 0.2) is 11.0 Å². The molecule has 0 spiro atoms. The lowest BCUT2D eigenvalue weighted by molar-refractivity contribution is 0.603. The molecule has 1 aromatic rings. The second-order valence-electron chi connectivity index (χ2n) is 6.96. The third kappa shape index (κ3) is 5.81. The topological polar surface area (TPSA) is 0 Å². The Labute approximate surface area is 135 Å². The van der Waals surface area contributed by atoms with E-state index < -0.39 is 0 Å². The first-order chi connectivity index (χ1) is 9.07. The molecule has 0 N–H and O–H groups in total. The van der Waals surface area contributed by atoms with Gasteiger partial charge in [-0.2, -0.15) is 0 Å². The smallest absolute Gasteiger partial charge is 0.0222 e. The van der Waals surface area contributed by atoms with Crippen LogP contribution in [-0.4, -0.2) is 4.75 Å². The van der Waals surface area contributed by atoms with Gasteiger partial charge in [-0.05, 0) is 23.8 Å². The maximum absolute atomic E-state index is 2.43. The molecule has 1 rings (SSSR count). The molecule has 2 heteroatoms. The summed E-state index contributed by atoms with van der Waals surface area (Å²) >= 11 is 4.05. The number of rotatable bonds is 4. The van der Waals surface area contributed by atoms with Crippen molar-refractivity contribution in [3.05, 3.63) is 15.8 Å². The number of thiophene rings is 1. The minimum Gasteiger partial charge on any atom is -0.143 e. The summed E-state index contributed by atoms with van der Waals surface area (Å²) in [7, 11) is 0. The van der Waals surface area contributed by atoms with Gasteiger partial charge >= 0.3 is 0 Å². The van der Waals surface area contributed by atoms with Gasteiger partial charge in [0.15, 0.2) is 0 Å². The van der Waals surface area contributed by atoms with E-state index in [1.54, 1.807) is 4.88 Å². The summed E-state index contributed by atoms with van der Waals surface area (Å²) in [6.45, 7) is 22.5. The highest BCUT2D eigenvalue weighted by Crippen LogP contribution is 2.45. The summed E-state index contributed by atoms with van der Waals surface area (Å²) in [6.07, 6.45) is 1.20. The molecule has 0 bridgehead atoms. The van der Waals surface area contributed by atoms with Gasteiger partial charge in [0.05, 0.1) is 0 Å². The van der Waals surface area contributed by atoms with E-state index in [-0.39, 0.29) is 5.41 Å². The summed E-state index contributed by atoms with van der Waals surface area (Å²) in [5.74, 6) is 0.626. The normalized spacial score (nSPS) is 12.3. The molecule has 0 nitrogen and oxygen atoms in total. The fourth-order valence-corrected chi connectivity index (χ4v) is 4.30. The number of thioether (sulfide) groups is 1. The zero-order valence-electron chi connectivity index (χ0n) is 15.2. The summed E-state index contributed by atoms with van der Waals surface area (Å²) in [6, 6.07) is 2.43.